The number of carbonyl (C=O) groups is 1. The Balaban J connectivity index is 3.25. The predicted molar refractivity (Wildman–Crippen MR) is 45.8 cm³/mol. The quantitative estimate of drug-likeness (QED) is 0.669. The van der Waals surface area contributed by atoms with Crippen LogP contribution in [-0.2, 0) is 11.2 Å². The molecular weight excluding hydrogens is 191 g/mol. The van der Waals surface area contributed by atoms with Crippen LogP contribution in [0.4, 0.5) is 4.39 Å². The summed E-state index contributed by atoms with van der Waals surface area (Å²) in [5, 5.41) is 26.7. The molecule has 0 aromatic heterocycles. The topological polar surface area (TPSA) is 77.8 Å². The van der Waals surface area contributed by atoms with Gasteiger partial charge in [0.25, 0.3) is 0 Å². The molecule has 0 heterocycles. The highest BCUT2D eigenvalue weighted by atomic mass is 19.1. The smallest absolute Gasteiger partial charge is 0.307 e. The highest BCUT2D eigenvalue weighted by Crippen LogP contribution is 2.32. The SMILES string of the molecule is Cc1cc(CC(=O)O)c(O)c(F)c1O. The van der Waals surface area contributed by atoms with Crippen LogP contribution in [-0.4, -0.2) is 21.3 Å². The summed E-state index contributed by atoms with van der Waals surface area (Å²) in [6, 6.07) is 1.24. The molecule has 0 unspecified atom stereocenters. The summed E-state index contributed by atoms with van der Waals surface area (Å²) in [5.74, 6) is -3.82. The van der Waals surface area contributed by atoms with Crippen LogP contribution in [0.2, 0.25) is 0 Å². The van der Waals surface area contributed by atoms with Crippen molar-refractivity contribution in [1.29, 1.82) is 0 Å². The second-order valence-electron chi connectivity index (χ2n) is 2.93. The molecule has 0 aliphatic heterocycles. The third-order valence-electron chi connectivity index (χ3n) is 1.83. The van der Waals surface area contributed by atoms with Crippen LogP contribution in [0, 0.1) is 12.7 Å². The van der Waals surface area contributed by atoms with Gasteiger partial charge in [-0.05, 0) is 18.6 Å². The summed E-state index contributed by atoms with van der Waals surface area (Å²) in [6.07, 6.45) is -0.482. The molecule has 0 radical (unpaired) electrons. The summed E-state index contributed by atoms with van der Waals surface area (Å²) < 4.78 is 13.0. The van der Waals surface area contributed by atoms with Gasteiger partial charge in [0.05, 0.1) is 6.42 Å². The van der Waals surface area contributed by atoms with E-state index in [2.05, 4.69) is 0 Å². The van der Waals surface area contributed by atoms with E-state index in [-0.39, 0.29) is 11.1 Å². The number of aromatic hydroxyl groups is 2. The molecule has 14 heavy (non-hydrogen) atoms. The Kier molecular flexibility index (Phi) is 2.60. The number of carboxylic acids is 1. The second-order valence-corrected chi connectivity index (χ2v) is 2.93. The van der Waals surface area contributed by atoms with Crippen LogP contribution in [0.5, 0.6) is 11.5 Å². The average Bonchev–Trinajstić information content (AvgIpc) is 2.10. The maximum absolute atomic E-state index is 13.0. The van der Waals surface area contributed by atoms with E-state index >= 15 is 0 Å². The van der Waals surface area contributed by atoms with E-state index in [1.165, 1.54) is 13.0 Å². The van der Waals surface area contributed by atoms with Gasteiger partial charge in [-0.1, -0.05) is 0 Å². The van der Waals surface area contributed by atoms with Gasteiger partial charge in [0, 0.05) is 5.56 Å². The lowest BCUT2D eigenvalue weighted by Crippen LogP contribution is -2.02. The van der Waals surface area contributed by atoms with E-state index in [1.807, 2.05) is 0 Å². The van der Waals surface area contributed by atoms with Gasteiger partial charge in [-0.3, -0.25) is 4.79 Å². The molecule has 1 aromatic rings. The number of aryl methyl sites for hydroxylation is 1. The van der Waals surface area contributed by atoms with E-state index in [4.69, 9.17) is 15.3 Å². The molecule has 76 valence electrons. The third-order valence-corrected chi connectivity index (χ3v) is 1.83. The van der Waals surface area contributed by atoms with Gasteiger partial charge in [-0.25, -0.2) is 0 Å². The van der Waals surface area contributed by atoms with Crippen molar-refractivity contribution < 1.29 is 24.5 Å². The second kappa shape index (κ2) is 3.53. The molecule has 3 N–H and O–H groups in total. The molecule has 0 aliphatic rings. The van der Waals surface area contributed by atoms with Crippen molar-refractivity contribution in [2.45, 2.75) is 13.3 Å². The first-order valence-electron chi connectivity index (χ1n) is 3.85. The summed E-state index contributed by atoms with van der Waals surface area (Å²) >= 11 is 0. The first kappa shape index (κ1) is 10.3. The van der Waals surface area contributed by atoms with Crippen LogP contribution in [0.1, 0.15) is 11.1 Å². The number of phenolic OH excluding ortho intramolecular Hbond substituents is 2. The Bertz CT molecular complexity index is 387. The third kappa shape index (κ3) is 1.76. The fourth-order valence-electron chi connectivity index (χ4n) is 1.12. The standard InChI is InChI=1S/C9H9FO4/c1-4-2-5(3-6(11)12)9(14)7(10)8(4)13/h2,13-14H,3H2,1H3,(H,11,12). The van der Waals surface area contributed by atoms with Crippen molar-refractivity contribution in [3.63, 3.8) is 0 Å². The molecule has 0 aliphatic carbocycles. The van der Waals surface area contributed by atoms with Gasteiger partial charge < -0.3 is 15.3 Å². The van der Waals surface area contributed by atoms with Crippen molar-refractivity contribution in [3.8, 4) is 11.5 Å². The van der Waals surface area contributed by atoms with E-state index < -0.39 is 29.7 Å². The number of hydrogen-bond donors (Lipinski definition) is 3. The Morgan fingerprint density at radius 2 is 2.00 bits per heavy atom. The Labute approximate surface area is 79.2 Å². The molecule has 1 rings (SSSR count). The molecular formula is C9H9FO4. The zero-order valence-electron chi connectivity index (χ0n) is 7.41. The predicted octanol–water partition coefficient (Wildman–Crippen LogP) is 1.17. The number of benzene rings is 1. The molecule has 0 saturated carbocycles. The zero-order valence-corrected chi connectivity index (χ0v) is 7.41. The van der Waals surface area contributed by atoms with Crippen LogP contribution in [0.15, 0.2) is 6.07 Å². The van der Waals surface area contributed by atoms with Gasteiger partial charge in [-0.15, -0.1) is 0 Å². The molecule has 5 heteroatoms. The number of hydrogen-bond acceptors (Lipinski definition) is 3. The van der Waals surface area contributed by atoms with E-state index in [9.17, 15) is 9.18 Å². The van der Waals surface area contributed by atoms with Crippen molar-refractivity contribution in [3.05, 3.63) is 23.0 Å². The minimum absolute atomic E-state index is 0.0506. The molecule has 0 atom stereocenters. The molecule has 0 spiro atoms. The van der Waals surface area contributed by atoms with Crippen molar-refractivity contribution >= 4 is 5.97 Å². The van der Waals surface area contributed by atoms with Crippen molar-refractivity contribution in [2.75, 3.05) is 0 Å². The summed E-state index contributed by atoms with van der Waals surface area (Å²) in [6.45, 7) is 1.42. The minimum Gasteiger partial charge on any atom is -0.505 e. The summed E-state index contributed by atoms with van der Waals surface area (Å²) in [7, 11) is 0. The number of rotatable bonds is 2. The molecule has 0 amide bonds. The lowest BCUT2D eigenvalue weighted by atomic mass is 10.1. The van der Waals surface area contributed by atoms with Gasteiger partial charge in [0.2, 0.25) is 5.82 Å². The minimum atomic E-state index is -1.18. The molecule has 4 nitrogen and oxygen atoms in total. The fraction of sp³-hybridized carbons (Fsp3) is 0.222. The number of halogens is 1. The Morgan fingerprint density at radius 3 is 2.50 bits per heavy atom. The Hall–Kier alpha value is -1.78. The van der Waals surface area contributed by atoms with Crippen molar-refractivity contribution in [2.24, 2.45) is 0 Å². The van der Waals surface area contributed by atoms with Crippen molar-refractivity contribution in [1.82, 2.24) is 0 Å². The molecule has 0 bridgehead atoms. The van der Waals surface area contributed by atoms with Crippen LogP contribution in [0.25, 0.3) is 0 Å². The summed E-state index contributed by atoms with van der Waals surface area (Å²) in [4.78, 5) is 10.3. The molecule has 0 saturated heterocycles. The normalized spacial score (nSPS) is 10.1. The van der Waals surface area contributed by atoms with Gasteiger partial charge in [0.15, 0.2) is 11.5 Å². The number of phenols is 2. The lowest BCUT2D eigenvalue weighted by molar-refractivity contribution is -0.136. The molecule has 1 aromatic carbocycles. The number of carboxylic acid groups (broad SMARTS) is 1. The van der Waals surface area contributed by atoms with E-state index in [0.717, 1.165) is 0 Å². The number of aliphatic carboxylic acids is 1. The van der Waals surface area contributed by atoms with Gasteiger partial charge in [-0.2, -0.15) is 4.39 Å². The first-order chi connectivity index (χ1) is 6.43. The van der Waals surface area contributed by atoms with E-state index in [1.54, 1.807) is 0 Å². The average molecular weight is 200 g/mol. The fourth-order valence-corrected chi connectivity index (χ4v) is 1.12. The van der Waals surface area contributed by atoms with Crippen LogP contribution >= 0.6 is 0 Å². The maximum atomic E-state index is 13.0. The zero-order chi connectivity index (χ0) is 10.9. The Morgan fingerprint density at radius 1 is 1.43 bits per heavy atom. The summed E-state index contributed by atoms with van der Waals surface area (Å²) in [5.41, 5.74) is 0.141. The van der Waals surface area contributed by atoms with Crippen LogP contribution in [0.3, 0.4) is 0 Å². The maximum Gasteiger partial charge on any atom is 0.307 e. The highest BCUT2D eigenvalue weighted by Gasteiger charge is 2.16. The largest absolute Gasteiger partial charge is 0.505 e. The lowest BCUT2D eigenvalue weighted by Gasteiger charge is -2.07. The first-order valence-corrected chi connectivity index (χ1v) is 3.85. The van der Waals surface area contributed by atoms with Crippen LogP contribution < -0.4 is 0 Å². The van der Waals surface area contributed by atoms with Gasteiger partial charge >= 0.3 is 5.97 Å². The molecule has 0 fully saturated rings. The van der Waals surface area contributed by atoms with E-state index in [0.29, 0.717) is 0 Å². The monoisotopic (exact) mass is 200 g/mol. The highest BCUT2D eigenvalue weighted by molar-refractivity contribution is 5.71. The van der Waals surface area contributed by atoms with Gasteiger partial charge in [0.1, 0.15) is 0 Å².